The van der Waals surface area contributed by atoms with Gasteiger partial charge in [-0.05, 0) is 19.8 Å². The molecule has 1 fully saturated rings. The van der Waals surface area contributed by atoms with Crippen LogP contribution in [-0.4, -0.2) is 42.5 Å². The molecule has 2 rings (SSSR count). The number of nitrogens with one attached hydrogen (secondary N) is 1. The third-order valence-corrected chi connectivity index (χ3v) is 3.11. The average Bonchev–Trinajstić information content (AvgIpc) is 2.79. The van der Waals surface area contributed by atoms with E-state index in [2.05, 4.69) is 21.8 Å². The second-order valence-electron chi connectivity index (χ2n) is 4.49. The smallest absolute Gasteiger partial charge is 0.203 e. The van der Waals surface area contributed by atoms with E-state index in [1.165, 1.54) is 0 Å². The predicted octanol–water partition coefficient (Wildman–Crippen LogP) is 1.68. The maximum atomic E-state index is 5.35. The molecule has 0 radical (unpaired) electrons. The highest BCUT2D eigenvalue weighted by molar-refractivity contribution is 5.28. The lowest BCUT2D eigenvalue weighted by Crippen LogP contribution is -2.29. The van der Waals surface area contributed by atoms with Gasteiger partial charge in [0.2, 0.25) is 5.95 Å². The lowest BCUT2D eigenvalue weighted by atomic mass is 10.1. The van der Waals surface area contributed by atoms with Gasteiger partial charge >= 0.3 is 0 Å². The highest BCUT2D eigenvalue weighted by Crippen LogP contribution is 2.17. The summed E-state index contributed by atoms with van der Waals surface area (Å²) in [7, 11) is 1.72. The SMILES string of the molecule is COCC(C)n1ccnc1NC1CCOCC1. The van der Waals surface area contributed by atoms with Crippen LogP contribution in [0, 0.1) is 0 Å². The van der Waals surface area contributed by atoms with Crippen LogP contribution in [0.15, 0.2) is 12.4 Å². The monoisotopic (exact) mass is 239 g/mol. The highest BCUT2D eigenvalue weighted by atomic mass is 16.5. The minimum Gasteiger partial charge on any atom is -0.383 e. The number of aromatic nitrogens is 2. The molecular formula is C12H21N3O2. The molecule has 0 amide bonds. The number of hydrogen-bond donors (Lipinski definition) is 1. The zero-order valence-electron chi connectivity index (χ0n) is 10.6. The second kappa shape index (κ2) is 6.02. The molecule has 0 bridgehead atoms. The summed E-state index contributed by atoms with van der Waals surface area (Å²) in [4.78, 5) is 4.37. The van der Waals surface area contributed by atoms with Gasteiger partial charge in [-0.3, -0.25) is 0 Å². The first-order valence-corrected chi connectivity index (χ1v) is 6.17. The van der Waals surface area contributed by atoms with Crippen molar-refractivity contribution >= 4 is 5.95 Å². The van der Waals surface area contributed by atoms with Crippen molar-refractivity contribution in [3.8, 4) is 0 Å². The molecule has 0 aliphatic carbocycles. The van der Waals surface area contributed by atoms with E-state index in [1.54, 1.807) is 7.11 Å². The Labute approximate surface area is 102 Å². The first-order valence-electron chi connectivity index (χ1n) is 6.17. The lowest BCUT2D eigenvalue weighted by Gasteiger charge is -2.25. The lowest BCUT2D eigenvalue weighted by molar-refractivity contribution is 0.0901. The first-order chi connectivity index (χ1) is 8.31. The van der Waals surface area contributed by atoms with Gasteiger partial charge in [-0.2, -0.15) is 0 Å². The summed E-state index contributed by atoms with van der Waals surface area (Å²) in [5.41, 5.74) is 0. The van der Waals surface area contributed by atoms with E-state index in [0.717, 1.165) is 32.0 Å². The van der Waals surface area contributed by atoms with Crippen molar-refractivity contribution in [1.29, 1.82) is 0 Å². The quantitative estimate of drug-likeness (QED) is 0.849. The summed E-state index contributed by atoms with van der Waals surface area (Å²) in [6, 6.07) is 0.768. The van der Waals surface area contributed by atoms with E-state index in [4.69, 9.17) is 9.47 Å². The Morgan fingerprint density at radius 2 is 2.35 bits per heavy atom. The predicted molar refractivity (Wildman–Crippen MR) is 66.3 cm³/mol. The van der Waals surface area contributed by atoms with Crippen LogP contribution in [0.4, 0.5) is 5.95 Å². The molecule has 1 aliphatic heterocycles. The number of imidazole rings is 1. The number of rotatable bonds is 5. The van der Waals surface area contributed by atoms with Crippen molar-refractivity contribution in [1.82, 2.24) is 9.55 Å². The standard InChI is InChI=1S/C12H21N3O2/c1-10(9-16-2)15-6-5-13-12(15)14-11-3-7-17-8-4-11/h5-6,10-11H,3-4,7-9H2,1-2H3,(H,13,14). The van der Waals surface area contributed by atoms with Crippen molar-refractivity contribution in [2.75, 3.05) is 32.2 Å². The Kier molecular flexibility index (Phi) is 4.39. The molecule has 0 aromatic carbocycles. The average molecular weight is 239 g/mol. The minimum absolute atomic E-state index is 0.296. The van der Waals surface area contributed by atoms with Crippen molar-refractivity contribution in [3.63, 3.8) is 0 Å². The maximum absolute atomic E-state index is 5.35. The number of nitrogens with zero attached hydrogens (tertiary/aromatic N) is 2. The Hall–Kier alpha value is -1.07. The van der Waals surface area contributed by atoms with E-state index >= 15 is 0 Å². The molecule has 0 spiro atoms. The van der Waals surface area contributed by atoms with Gasteiger partial charge in [-0.1, -0.05) is 0 Å². The topological polar surface area (TPSA) is 48.3 Å². The Morgan fingerprint density at radius 1 is 1.59 bits per heavy atom. The van der Waals surface area contributed by atoms with Crippen LogP contribution < -0.4 is 5.32 Å². The molecule has 1 aromatic heterocycles. The van der Waals surface area contributed by atoms with Crippen LogP contribution in [0.2, 0.25) is 0 Å². The summed E-state index contributed by atoms with van der Waals surface area (Å²) < 4.78 is 12.6. The van der Waals surface area contributed by atoms with E-state index in [0.29, 0.717) is 18.7 Å². The molecule has 1 atom stereocenters. The minimum atomic E-state index is 0.296. The third-order valence-electron chi connectivity index (χ3n) is 3.11. The van der Waals surface area contributed by atoms with Gasteiger partial charge in [-0.15, -0.1) is 0 Å². The van der Waals surface area contributed by atoms with Gasteiger partial charge in [0.25, 0.3) is 0 Å². The molecule has 1 N–H and O–H groups in total. The Bertz CT molecular complexity index is 334. The van der Waals surface area contributed by atoms with Gasteiger partial charge in [0.15, 0.2) is 0 Å². The van der Waals surface area contributed by atoms with Crippen LogP contribution in [-0.2, 0) is 9.47 Å². The van der Waals surface area contributed by atoms with Crippen molar-refractivity contribution in [2.45, 2.75) is 31.8 Å². The molecule has 1 saturated heterocycles. The Balaban J connectivity index is 1.97. The zero-order valence-corrected chi connectivity index (χ0v) is 10.6. The summed E-state index contributed by atoms with van der Waals surface area (Å²) in [5, 5.41) is 3.49. The molecule has 17 heavy (non-hydrogen) atoms. The molecule has 96 valence electrons. The third kappa shape index (κ3) is 3.20. The number of anilines is 1. The summed E-state index contributed by atoms with van der Waals surface area (Å²) in [6.45, 7) is 4.50. The maximum Gasteiger partial charge on any atom is 0.203 e. The Morgan fingerprint density at radius 3 is 3.06 bits per heavy atom. The van der Waals surface area contributed by atoms with Crippen LogP contribution in [0.1, 0.15) is 25.8 Å². The fourth-order valence-electron chi connectivity index (χ4n) is 2.13. The summed E-state index contributed by atoms with van der Waals surface area (Å²) >= 11 is 0. The van der Waals surface area contributed by atoms with E-state index < -0.39 is 0 Å². The first kappa shape index (κ1) is 12.4. The number of ether oxygens (including phenoxy) is 2. The van der Waals surface area contributed by atoms with Crippen molar-refractivity contribution < 1.29 is 9.47 Å². The van der Waals surface area contributed by atoms with Crippen LogP contribution in [0.25, 0.3) is 0 Å². The van der Waals surface area contributed by atoms with E-state index in [9.17, 15) is 0 Å². The zero-order chi connectivity index (χ0) is 12.1. The van der Waals surface area contributed by atoms with Gasteiger partial charge in [0.1, 0.15) is 0 Å². The highest BCUT2D eigenvalue weighted by Gasteiger charge is 2.17. The van der Waals surface area contributed by atoms with Gasteiger partial charge < -0.3 is 19.4 Å². The van der Waals surface area contributed by atoms with Gasteiger partial charge in [0.05, 0.1) is 12.6 Å². The van der Waals surface area contributed by atoms with Crippen LogP contribution >= 0.6 is 0 Å². The number of methoxy groups -OCH3 is 1. The largest absolute Gasteiger partial charge is 0.383 e. The molecular weight excluding hydrogens is 218 g/mol. The van der Waals surface area contributed by atoms with E-state index in [-0.39, 0.29) is 0 Å². The van der Waals surface area contributed by atoms with E-state index in [1.807, 2.05) is 12.4 Å². The number of hydrogen-bond acceptors (Lipinski definition) is 4. The van der Waals surface area contributed by atoms with Crippen molar-refractivity contribution in [2.24, 2.45) is 0 Å². The summed E-state index contributed by atoms with van der Waals surface area (Å²) in [5.74, 6) is 0.932. The second-order valence-corrected chi connectivity index (χ2v) is 4.49. The fourth-order valence-corrected chi connectivity index (χ4v) is 2.13. The normalized spacial score (nSPS) is 19.2. The molecule has 0 saturated carbocycles. The van der Waals surface area contributed by atoms with Crippen LogP contribution in [0.3, 0.4) is 0 Å². The van der Waals surface area contributed by atoms with Gasteiger partial charge in [0, 0.05) is 38.8 Å². The molecule has 2 heterocycles. The van der Waals surface area contributed by atoms with Crippen LogP contribution in [0.5, 0.6) is 0 Å². The van der Waals surface area contributed by atoms with Crippen molar-refractivity contribution in [3.05, 3.63) is 12.4 Å². The molecule has 1 aliphatic rings. The van der Waals surface area contributed by atoms with Gasteiger partial charge in [-0.25, -0.2) is 4.98 Å². The molecule has 5 nitrogen and oxygen atoms in total. The molecule has 5 heteroatoms. The summed E-state index contributed by atoms with van der Waals surface area (Å²) in [6.07, 6.45) is 5.91. The molecule has 1 aromatic rings. The molecule has 1 unspecified atom stereocenters. The fraction of sp³-hybridized carbons (Fsp3) is 0.750.